The maximum atomic E-state index is 11.2. The Balaban J connectivity index is 1.85. The molecule has 0 fully saturated rings. The molecule has 0 aliphatic rings. The molecule has 0 bridgehead atoms. The third-order valence-corrected chi connectivity index (χ3v) is 4.63. The lowest BCUT2D eigenvalue weighted by Gasteiger charge is -2.10. The van der Waals surface area contributed by atoms with Gasteiger partial charge in [0.05, 0.1) is 17.6 Å². The summed E-state index contributed by atoms with van der Waals surface area (Å²) in [6.07, 6.45) is 2.01. The van der Waals surface area contributed by atoms with Crippen LogP contribution in [0.15, 0.2) is 46.9 Å². The number of hydrogen-bond donors (Lipinski definition) is 0. The normalized spacial score (nSPS) is 11.0. The maximum Gasteiger partial charge on any atom is 0.305 e. The number of aryl methyl sites for hydroxylation is 1. The molecule has 3 aromatic rings. The summed E-state index contributed by atoms with van der Waals surface area (Å²) in [4.78, 5) is 15.9. The summed E-state index contributed by atoms with van der Waals surface area (Å²) >= 11 is 3.51. The Morgan fingerprint density at radius 1 is 1.16 bits per heavy atom. The number of imidazole rings is 1. The SMILES string of the molecule is CCC(=O)OCCc1ccc(-n2c(CC)nc3cc(Br)ccc32)cc1. The molecule has 0 saturated carbocycles. The molecule has 0 saturated heterocycles. The standard InChI is InChI=1S/C20H21BrN2O2/c1-3-19-22-17-13-15(21)7-10-18(17)23(19)16-8-5-14(6-9-16)11-12-25-20(24)4-2/h5-10,13H,3-4,11-12H2,1-2H3. The maximum absolute atomic E-state index is 11.2. The number of hydrogen-bond acceptors (Lipinski definition) is 3. The van der Waals surface area contributed by atoms with Gasteiger partial charge in [-0.3, -0.25) is 9.36 Å². The number of rotatable bonds is 6. The number of ether oxygens (including phenoxy) is 1. The highest BCUT2D eigenvalue weighted by Gasteiger charge is 2.11. The smallest absolute Gasteiger partial charge is 0.305 e. The molecule has 1 aromatic heterocycles. The Morgan fingerprint density at radius 2 is 1.92 bits per heavy atom. The van der Waals surface area contributed by atoms with E-state index >= 15 is 0 Å². The molecular weight excluding hydrogens is 380 g/mol. The molecule has 5 heteroatoms. The van der Waals surface area contributed by atoms with Gasteiger partial charge in [-0.2, -0.15) is 0 Å². The first-order valence-electron chi connectivity index (χ1n) is 8.54. The predicted octanol–water partition coefficient (Wildman–Crippen LogP) is 4.85. The van der Waals surface area contributed by atoms with E-state index in [2.05, 4.69) is 57.8 Å². The van der Waals surface area contributed by atoms with Crippen LogP contribution in [0.1, 0.15) is 31.7 Å². The Morgan fingerprint density at radius 3 is 2.60 bits per heavy atom. The van der Waals surface area contributed by atoms with Gasteiger partial charge in [0.2, 0.25) is 0 Å². The van der Waals surface area contributed by atoms with Crippen molar-refractivity contribution in [2.45, 2.75) is 33.1 Å². The number of halogens is 1. The molecule has 3 rings (SSSR count). The van der Waals surface area contributed by atoms with E-state index in [1.807, 2.05) is 12.1 Å². The Kier molecular flexibility index (Phi) is 5.53. The van der Waals surface area contributed by atoms with E-state index < -0.39 is 0 Å². The number of esters is 1. The van der Waals surface area contributed by atoms with Gasteiger partial charge in [0.1, 0.15) is 5.82 Å². The lowest BCUT2D eigenvalue weighted by Crippen LogP contribution is -2.06. The monoisotopic (exact) mass is 400 g/mol. The highest BCUT2D eigenvalue weighted by atomic mass is 79.9. The van der Waals surface area contributed by atoms with Crippen molar-refractivity contribution in [3.05, 3.63) is 58.3 Å². The largest absolute Gasteiger partial charge is 0.465 e. The molecule has 0 unspecified atom stereocenters. The number of carbonyl (C=O) groups excluding carboxylic acids is 1. The first kappa shape index (κ1) is 17.7. The van der Waals surface area contributed by atoms with Crippen LogP contribution < -0.4 is 0 Å². The molecule has 0 amide bonds. The summed E-state index contributed by atoms with van der Waals surface area (Å²) in [5.41, 5.74) is 4.33. The van der Waals surface area contributed by atoms with Gasteiger partial charge in [-0.05, 0) is 35.9 Å². The molecule has 0 N–H and O–H groups in total. The van der Waals surface area contributed by atoms with Crippen LogP contribution in [0.3, 0.4) is 0 Å². The Hall–Kier alpha value is -2.14. The Labute approximate surface area is 156 Å². The zero-order valence-electron chi connectivity index (χ0n) is 14.5. The van der Waals surface area contributed by atoms with E-state index in [1.54, 1.807) is 6.92 Å². The van der Waals surface area contributed by atoms with Crippen molar-refractivity contribution in [2.24, 2.45) is 0 Å². The third kappa shape index (κ3) is 3.93. The van der Waals surface area contributed by atoms with Crippen molar-refractivity contribution in [1.82, 2.24) is 9.55 Å². The van der Waals surface area contributed by atoms with Gasteiger partial charge >= 0.3 is 5.97 Å². The first-order chi connectivity index (χ1) is 12.1. The topological polar surface area (TPSA) is 44.1 Å². The van der Waals surface area contributed by atoms with E-state index in [9.17, 15) is 4.79 Å². The number of benzene rings is 2. The molecule has 2 aromatic carbocycles. The van der Waals surface area contributed by atoms with Gasteiger partial charge in [0.25, 0.3) is 0 Å². The average molecular weight is 401 g/mol. The summed E-state index contributed by atoms with van der Waals surface area (Å²) in [5, 5.41) is 0. The van der Waals surface area contributed by atoms with Crippen LogP contribution >= 0.6 is 15.9 Å². The number of carbonyl (C=O) groups is 1. The van der Waals surface area contributed by atoms with Crippen molar-refractivity contribution in [1.29, 1.82) is 0 Å². The zero-order chi connectivity index (χ0) is 17.8. The van der Waals surface area contributed by atoms with E-state index in [4.69, 9.17) is 9.72 Å². The van der Waals surface area contributed by atoms with Gasteiger partial charge in [-0.25, -0.2) is 4.98 Å². The second kappa shape index (κ2) is 7.83. The van der Waals surface area contributed by atoms with Crippen molar-refractivity contribution in [3.8, 4) is 5.69 Å². The van der Waals surface area contributed by atoms with Crippen LogP contribution in [0.5, 0.6) is 0 Å². The minimum absolute atomic E-state index is 0.153. The molecule has 1 heterocycles. The van der Waals surface area contributed by atoms with Crippen LogP contribution in [0.2, 0.25) is 0 Å². The van der Waals surface area contributed by atoms with Crippen molar-refractivity contribution in [2.75, 3.05) is 6.61 Å². The molecule has 130 valence electrons. The highest BCUT2D eigenvalue weighted by Crippen LogP contribution is 2.25. The van der Waals surface area contributed by atoms with Gasteiger partial charge in [-0.1, -0.05) is 41.9 Å². The second-order valence-corrected chi connectivity index (χ2v) is 6.76. The lowest BCUT2D eigenvalue weighted by molar-refractivity contribution is -0.143. The van der Waals surface area contributed by atoms with E-state index in [0.29, 0.717) is 13.0 Å². The van der Waals surface area contributed by atoms with Crippen molar-refractivity contribution in [3.63, 3.8) is 0 Å². The van der Waals surface area contributed by atoms with Crippen molar-refractivity contribution < 1.29 is 9.53 Å². The lowest BCUT2D eigenvalue weighted by atomic mass is 10.1. The highest BCUT2D eigenvalue weighted by molar-refractivity contribution is 9.10. The summed E-state index contributed by atoms with van der Waals surface area (Å²) in [5.74, 6) is 0.887. The van der Waals surface area contributed by atoms with Crippen molar-refractivity contribution >= 4 is 32.9 Å². The molecule has 4 nitrogen and oxygen atoms in total. The van der Waals surface area contributed by atoms with E-state index in [0.717, 1.165) is 45.4 Å². The average Bonchev–Trinajstić information content (AvgIpc) is 2.99. The van der Waals surface area contributed by atoms with Gasteiger partial charge in [-0.15, -0.1) is 0 Å². The summed E-state index contributed by atoms with van der Waals surface area (Å²) in [6, 6.07) is 14.5. The van der Waals surface area contributed by atoms with E-state index in [1.165, 1.54) is 0 Å². The van der Waals surface area contributed by atoms with Crippen LogP contribution in [-0.2, 0) is 22.4 Å². The summed E-state index contributed by atoms with van der Waals surface area (Å²) in [7, 11) is 0. The van der Waals surface area contributed by atoms with Gasteiger partial charge in [0, 0.05) is 29.4 Å². The molecule has 0 aliphatic heterocycles. The van der Waals surface area contributed by atoms with Crippen LogP contribution in [0.25, 0.3) is 16.7 Å². The van der Waals surface area contributed by atoms with Gasteiger partial charge < -0.3 is 4.74 Å². The van der Waals surface area contributed by atoms with E-state index in [-0.39, 0.29) is 5.97 Å². The molecule has 0 spiro atoms. The second-order valence-electron chi connectivity index (χ2n) is 5.84. The van der Waals surface area contributed by atoms with Crippen LogP contribution in [-0.4, -0.2) is 22.1 Å². The fourth-order valence-corrected chi connectivity index (χ4v) is 3.17. The molecular formula is C20H21BrN2O2. The molecule has 25 heavy (non-hydrogen) atoms. The number of fused-ring (bicyclic) bond motifs is 1. The fourth-order valence-electron chi connectivity index (χ4n) is 2.83. The van der Waals surface area contributed by atoms with Crippen LogP contribution in [0, 0.1) is 0 Å². The predicted molar refractivity (Wildman–Crippen MR) is 103 cm³/mol. The fraction of sp³-hybridized carbons (Fsp3) is 0.300. The molecule has 0 aliphatic carbocycles. The Bertz CT molecular complexity index is 885. The summed E-state index contributed by atoms with van der Waals surface area (Å²) in [6.45, 7) is 4.34. The quantitative estimate of drug-likeness (QED) is 0.555. The minimum atomic E-state index is -0.153. The first-order valence-corrected chi connectivity index (χ1v) is 9.33. The molecule has 0 radical (unpaired) electrons. The van der Waals surface area contributed by atoms with Crippen LogP contribution in [0.4, 0.5) is 0 Å². The third-order valence-electron chi connectivity index (χ3n) is 4.14. The molecule has 0 atom stereocenters. The number of aromatic nitrogens is 2. The zero-order valence-corrected chi connectivity index (χ0v) is 16.0. The summed E-state index contributed by atoms with van der Waals surface area (Å²) < 4.78 is 8.37. The van der Waals surface area contributed by atoms with Gasteiger partial charge in [0.15, 0.2) is 0 Å². The minimum Gasteiger partial charge on any atom is -0.465 e. The number of nitrogens with zero attached hydrogens (tertiary/aromatic N) is 2.